The molecule has 2 rings (SSSR count). The van der Waals surface area contributed by atoms with Crippen molar-refractivity contribution in [2.45, 2.75) is 11.8 Å². The number of carbonyl (C=O) groups is 1. The Bertz CT molecular complexity index is 865. The van der Waals surface area contributed by atoms with Gasteiger partial charge in [0.05, 0.1) is 22.8 Å². The standard InChI is InChI=1S/C17H19ClN2O4S/c1-4-24-13-6-8-14(9-7-13)25(22,23)19-16-11-12(18)5-10-15(16)17(21)20(2)3/h5-11,19H,4H2,1-3H3. The highest BCUT2D eigenvalue weighted by Crippen LogP contribution is 2.25. The molecule has 2 aromatic rings. The third-order valence-electron chi connectivity index (χ3n) is 3.31. The predicted molar refractivity (Wildman–Crippen MR) is 97.9 cm³/mol. The molecule has 25 heavy (non-hydrogen) atoms. The summed E-state index contributed by atoms with van der Waals surface area (Å²) >= 11 is 5.96. The molecule has 1 N–H and O–H groups in total. The molecule has 0 saturated carbocycles. The molecule has 8 heteroatoms. The number of hydrogen-bond donors (Lipinski definition) is 1. The molecule has 0 unspecified atom stereocenters. The van der Waals surface area contributed by atoms with Crippen LogP contribution in [0.2, 0.25) is 5.02 Å². The van der Waals surface area contributed by atoms with Crippen LogP contribution in [0.15, 0.2) is 47.4 Å². The number of amides is 1. The number of sulfonamides is 1. The van der Waals surface area contributed by atoms with Crippen LogP contribution in [0.1, 0.15) is 17.3 Å². The van der Waals surface area contributed by atoms with Crippen molar-refractivity contribution in [3.63, 3.8) is 0 Å². The number of anilines is 1. The largest absolute Gasteiger partial charge is 0.494 e. The van der Waals surface area contributed by atoms with Gasteiger partial charge in [-0.15, -0.1) is 0 Å². The minimum absolute atomic E-state index is 0.0548. The Hall–Kier alpha value is -2.25. The monoisotopic (exact) mass is 382 g/mol. The molecule has 0 heterocycles. The Morgan fingerprint density at radius 2 is 1.80 bits per heavy atom. The van der Waals surface area contributed by atoms with Gasteiger partial charge in [-0.2, -0.15) is 0 Å². The van der Waals surface area contributed by atoms with Crippen LogP contribution in [0.5, 0.6) is 5.75 Å². The van der Waals surface area contributed by atoms with Crippen molar-refractivity contribution < 1.29 is 17.9 Å². The first-order valence-corrected chi connectivity index (χ1v) is 9.37. The topological polar surface area (TPSA) is 75.7 Å². The van der Waals surface area contributed by atoms with E-state index in [0.717, 1.165) is 0 Å². The van der Waals surface area contributed by atoms with Crippen molar-refractivity contribution in [1.82, 2.24) is 4.90 Å². The van der Waals surface area contributed by atoms with Crippen LogP contribution < -0.4 is 9.46 Å². The van der Waals surface area contributed by atoms with Gasteiger partial charge in [0.2, 0.25) is 0 Å². The molecule has 134 valence electrons. The maximum Gasteiger partial charge on any atom is 0.261 e. The van der Waals surface area contributed by atoms with E-state index < -0.39 is 10.0 Å². The second-order valence-corrected chi connectivity index (χ2v) is 7.52. The van der Waals surface area contributed by atoms with Crippen LogP contribution >= 0.6 is 11.6 Å². The molecular formula is C17H19ClN2O4S. The summed E-state index contributed by atoms with van der Waals surface area (Å²) in [5, 5.41) is 0.319. The zero-order valence-electron chi connectivity index (χ0n) is 14.1. The molecule has 2 aromatic carbocycles. The summed E-state index contributed by atoms with van der Waals surface area (Å²) in [5.74, 6) is 0.244. The van der Waals surface area contributed by atoms with Crippen LogP contribution in [0.4, 0.5) is 5.69 Å². The molecule has 0 aliphatic carbocycles. The number of nitrogens with one attached hydrogen (secondary N) is 1. The van der Waals surface area contributed by atoms with Gasteiger partial charge in [-0.25, -0.2) is 8.42 Å². The summed E-state index contributed by atoms with van der Waals surface area (Å²) < 4.78 is 32.9. The van der Waals surface area contributed by atoms with Crippen molar-refractivity contribution in [2.24, 2.45) is 0 Å². The Balaban J connectivity index is 2.37. The van der Waals surface area contributed by atoms with E-state index in [0.29, 0.717) is 17.4 Å². The Morgan fingerprint density at radius 1 is 1.16 bits per heavy atom. The smallest absolute Gasteiger partial charge is 0.261 e. The molecule has 6 nitrogen and oxygen atoms in total. The normalized spacial score (nSPS) is 11.0. The van der Waals surface area contributed by atoms with Gasteiger partial charge in [0.1, 0.15) is 5.75 Å². The van der Waals surface area contributed by atoms with Gasteiger partial charge in [-0.1, -0.05) is 11.6 Å². The molecule has 0 aromatic heterocycles. The molecule has 0 saturated heterocycles. The molecule has 0 spiro atoms. The quantitative estimate of drug-likeness (QED) is 0.832. The van der Waals surface area contributed by atoms with Gasteiger partial charge in [-0.05, 0) is 49.4 Å². The number of hydrogen-bond acceptors (Lipinski definition) is 4. The SMILES string of the molecule is CCOc1ccc(S(=O)(=O)Nc2cc(Cl)ccc2C(=O)N(C)C)cc1. The molecule has 1 amide bonds. The van der Waals surface area contributed by atoms with E-state index in [1.165, 1.54) is 35.2 Å². The van der Waals surface area contributed by atoms with Gasteiger partial charge in [0, 0.05) is 19.1 Å². The van der Waals surface area contributed by atoms with Gasteiger partial charge >= 0.3 is 0 Å². The number of nitrogens with zero attached hydrogens (tertiary/aromatic N) is 1. The van der Waals surface area contributed by atoms with Gasteiger partial charge < -0.3 is 9.64 Å². The second-order valence-electron chi connectivity index (χ2n) is 5.40. The predicted octanol–water partition coefficient (Wildman–Crippen LogP) is 3.24. The van der Waals surface area contributed by atoms with Crippen LogP contribution in [0.25, 0.3) is 0 Å². The summed E-state index contributed by atoms with van der Waals surface area (Å²) in [6.45, 7) is 2.33. The molecule has 0 aliphatic heterocycles. The van der Waals surface area contributed by atoms with Crippen LogP contribution in [0.3, 0.4) is 0 Å². The van der Waals surface area contributed by atoms with Gasteiger partial charge in [0.15, 0.2) is 0 Å². The zero-order valence-corrected chi connectivity index (χ0v) is 15.7. The number of ether oxygens (including phenoxy) is 1. The summed E-state index contributed by atoms with van der Waals surface area (Å²) in [7, 11) is -0.708. The van der Waals surface area contributed by atoms with E-state index >= 15 is 0 Å². The third-order valence-corrected chi connectivity index (χ3v) is 4.92. The summed E-state index contributed by atoms with van der Waals surface area (Å²) in [5.41, 5.74) is 0.337. The first kappa shape index (κ1) is 19.1. The fraction of sp³-hybridized carbons (Fsp3) is 0.235. The molecule has 0 bridgehead atoms. The van der Waals surface area contributed by atoms with Crippen molar-refractivity contribution in [1.29, 1.82) is 0 Å². The lowest BCUT2D eigenvalue weighted by Gasteiger charge is -2.16. The second kappa shape index (κ2) is 7.76. The van der Waals surface area contributed by atoms with Crippen LogP contribution in [-0.2, 0) is 10.0 Å². The van der Waals surface area contributed by atoms with E-state index in [1.54, 1.807) is 26.2 Å². The van der Waals surface area contributed by atoms with E-state index in [-0.39, 0.29) is 22.1 Å². The van der Waals surface area contributed by atoms with E-state index in [9.17, 15) is 13.2 Å². The number of benzene rings is 2. The van der Waals surface area contributed by atoms with Crippen LogP contribution in [-0.4, -0.2) is 39.9 Å². The highest BCUT2D eigenvalue weighted by atomic mass is 35.5. The van der Waals surface area contributed by atoms with Crippen LogP contribution in [0, 0.1) is 0 Å². The van der Waals surface area contributed by atoms with E-state index in [2.05, 4.69) is 4.72 Å². The summed E-state index contributed by atoms with van der Waals surface area (Å²) in [6, 6.07) is 10.4. The number of rotatable bonds is 6. The molecule has 0 fully saturated rings. The summed E-state index contributed by atoms with van der Waals surface area (Å²) in [6.07, 6.45) is 0. The average molecular weight is 383 g/mol. The first-order valence-electron chi connectivity index (χ1n) is 7.51. The molecule has 0 radical (unpaired) electrons. The first-order chi connectivity index (χ1) is 11.7. The highest BCUT2D eigenvalue weighted by Gasteiger charge is 2.20. The van der Waals surface area contributed by atoms with Gasteiger partial charge in [0.25, 0.3) is 15.9 Å². The lowest BCUT2D eigenvalue weighted by molar-refractivity contribution is 0.0828. The van der Waals surface area contributed by atoms with Crippen molar-refractivity contribution in [3.05, 3.63) is 53.1 Å². The Labute approximate surface area is 152 Å². The minimum atomic E-state index is -3.88. The van der Waals surface area contributed by atoms with Crippen molar-refractivity contribution in [2.75, 3.05) is 25.4 Å². The Morgan fingerprint density at radius 3 is 2.36 bits per heavy atom. The average Bonchev–Trinajstić information content (AvgIpc) is 2.55. The zero-order chi connectivity index (χ0) is 18.6. The lowest BCUT2D eigenvalue weighted by Crippen LogP contribution is -2.24. The lowest BCUT2D eigenvalue weighted by atomic mass is 10.1. The Kier molecular flexibility index (Phi) is 5.92. The molecular weight excluding hydrogens is 364 g/mol. The molecule has 0 atom stereocenters. The van der Waals surface area contributed by atoms with E-state index in [1.807, 2.05) is 6.92 Å². The third kappa shape index (κ3) is 4.64. The molecule has 0 aliphatic rings. The van der Waals surface area contributed by atoms with E-state index in [4.69, 9.17) is 16.3 Å². The summed E-state index contributed by atoms with van der Waals surface area (Å²) in [4.78, 5) is 13.7. The van der Waals surface area contributed by atoms with Crippen molar-refractivity contribution >= 4 is 33.2 Å². The van der Waals surface area contributed by atoms with Gasteiger partial charge in [-0.3, -0.25) is 9.52 Å². The number of carbonyl (C=O) groups excluding carboxylic acids is 1. The fourth-order valence-corrected chi connectivity index (χ4v) is 3.36. The number of halogens is 1. The van der Waals surface area contributed by atoms with Crippen molar-refractivity contribution in [3.8, 4) is 5.75 Å². The maximum absolute atomic E-state index is 12.6. The minimum Gasteiger partial charge on any atom is -0.494 e. The maximum atomic E-state index is 12.6. The fourth-order valence-electron chi connectivity index (χ4n) is 2.11. The highest BCUT2D eigenvalue weighted by molar-refractivity contribution is 7.92.